The van der Waals surface area contributed by atoms with Gasteiger partial charge in [-0.2, -0.15) is 0 Å². The van der Waals surface area contributed by atoms with Crippen molar-refractivity contribution in [3.8, 4) is 0 Å². The molecule has 1 fully saturated rings. The lowest BCUT2D eigenvalue weighted by atomic mass is 10.2. The van der Waals surface area contributed by atoms with Gasteiger partial charge in [-0.1, -0.05) is 24.3 Å². The van der Waals surface area contributed by atoms with Gasteiger partial charge in [0, 0.05) is 23.4 Å². The van der Waals surface area contributed by atoms with E-state index in [4.69, 9.17) is 0 Å². The van der Waals surface area contributed by atoms with Crippen molar-refractivity contribution >= 4 is 29.2 Å². The summed E-state index contributed by atoms with van der Waals surface area (Å²) in [4.78, 5) is 29.9. The van der Waals surface area contributed by atoms with E-state index in [1.54, 1.807) is 29.5 Å². The van der Waals surface area contributed by atoms with E-state index in [-0.39, 0.29) is 11.8 Å². The van der Waals surface area contributed by atoms with Crippen molar-refractivity contribution in [2.24, 2.45) is 0 Å². The number of likely N-dealkylation sites (N-methyl/N-ethyl adjacent to an activating group) is 1. The van der Waals surface area contributed by atoms with Crippen LogP contribution >= 0.6 is 11.3 Å². The van der Waals surface area contributed by atoms with Crippen molar-refractivity contribution in [1.82, 2.24) is 10.2 Å². The molecule has 1 saturated heterocycles. The number of nitrogens with one attached hydrogen (secondary N) is 2. The summed E-state index contributed by atoms with van der Waals surface area (Å²) < 4.78 is 0. The zero-order valence-corrected chi connectivity index (χ0v) is 15.7. The summed E-state index contributed by atoms with van der Waals surface area (Å²) in [5, 5.41) is 4.79. The first kappa shape index (κ1) is 18.4. The van der Waals surface area contributed by atoms with Gasteiger partial charge in [-0.3, -0.25) is 9.59 Å². The smallest absolute Gasteiger partial charge is 0.270 e. The zero-order valence-electron chi connectivity index (χ0n) is 14.9. The van der Waals surface area contributed by atoms with Crippen LogP contribution in [0.5, 0.6) is 0 Å². The minimum absolute atomic E-state index is 0.114. The van der Waals surface area contributed by atoms with Gasteiger partial charge in [0.15, 0.2) is 0 Å². The van der Waals surface area contributed by atoms with E-state index < -0.39 is 0 Å². The second-order valence-electron chi connectivity index (χ2n) is 6.50. The molecule has 136 valence electrons. The first-order chi connectivity index (χ1) is 12.6. The Balaban J connectivity index is 1.81. The number of hydrogen-bond acceptors (Lipinski definition) is 3. The number of thiophene rings is 1. The first-order valence-corrected chi connectivity index (χ1v) is 9.73. The largest absolute Gasteiger partial charge is 0.336 e. The van der Waals surface area contributed by atoms with Crippen molar-refractivity contribution in [1.29, 1.82) is 0 Å². The van der Waals surface area contributed by atoms with Crippen LogP contribution in [0.15, 0.2) is 53.5 Å². The van der Waals surface area contributed by atoms with E-state index in [0.29, 0.717) is 17.8 Å². The van der Waals surface area contributed by atoms with E-state index in [1.165, 1.54) is 4.90 Å². The average molecular weight is 370 g/mol. The summed E-state index contributed by atoms with van der Waals surface area (Å²) in [5.41, 5.74) is 0.873. The third-order valence-corrected chi connectivity index (χ3v) is 5.29. The number of carbonyl (C=O) groups excluding carboxylic acids is 2. The Kier molecular flexibility index (Phi) is 6.20. The number of amides is 2. The Morgan fingerprint density at radius 3 is 2.65 bits per heavy atom. The number of benzene rings is 1. The SMILES string of the molecule is C[NH+]1CCCN(C(=O)C(=Cc2cccs2)NC(=O)c2ccccc2)CC1. The molecule has 1 atom stereocenters. The van der Waals surface area contributed by atoms with Crippen LogP contribution in [-0.4, -0.2) is 49.9 Å². The van der Waals surface area contributed by atoms with Gasteiger partial charge < -0.3 is 15.1 Å². The van der Waals surface area contributed by atoms with Crippen LogP contribution in [0.3, 0.4) is 0 Å². The van der Waals surface area contributed by atoms with Crippen molar-refractivity contribution in [2.75, 3.05) is 33.2 Å². The molecule has 6 heteroatoms. The van der Waals surface area contributed by atoms with Crippen LogP contribution in [0.4, 0.5) is 0 Å². The maximum Gasteiger partial charge on any atom is 0.270 e. The average Bonchev–Trinajstić information content (AvgIpc) is 3.07. The standard InChI is InChI=1S/C20H23N3O2S/c1-22-10-6-11-23(13-12-22)20(25)18(15-17-9-5-14-26-17)21-19(24)16-7-3-2-4-8-16/h2-5,7-9,14-15H,6,10-13H2,1H3,(H,21,24)/p+1. The number of hydrogen-bond donors (Lipinski definition) is 2. The molecule has 2 N–H and O–H groups in total. The lowest BCUT2D eigenvalue weighted by molar-refractivity contribution is -0.877. The van der Waals surface area contributed by atoms with Crippen molar-refractivity contribution in [2.45, 2.75) is 6.42 Å². The van der Waals surface area contributed by atoms with Crippen LogP contribution in [0.1, 0.15) is 21.7 Å². The van der Waals surface area contributed by atoms with Gasteiger partial charge in [0.2, 0.25) is 0 Å². The molecule has 2 heterocycles. The first-order valence-electron chi connectivity index (χ1n) is 8.85. The van der Waals surface area contributed by atoms with Gasteiger partial charge in [-0.15, -0.1) is 11.3 Å². The summed E-state index contributed by atoms with van der Waals surface area (Å²) in [6.45, 7) is 3.40. The molecule has 0 saturated carbocycles. The van der Waals surface area contributed by atoms with Crippen molar-refractivity contribution in [3.05, 3.63) is 64.0 Å². The predicted molar refractivity (Wildman–Crippen MR) is 104 cm³/mol. The summed E-state index contributed by atoms with van der Waals surface area (Å²) in [6, 6.07) is 12.8. The number of carbonyl (C=O) groups is 2. The molecule has 2 amide bonds. The van der Waals surface area contributed by atoms with Crippen molar-refractivity contribution in [3.63, 3.8) is 0 Å². The Bertz CT molecular complexity index is 772. The van der Waals surface area contributed by atoms with Gasteiger partial charge in [0.25, 0.3) is 11.8 Å². The topological polar surface area (TPSA) is 53.9 Å². The highest BCUT2D eigenvalue weighted by Gasteiger charge is 2.24. The lowest BCUT2D eigenvalue weighted by Gasteiger charge is -2.21. The fraction of sp³-hybridized carbons (Fsp3) is 0.300. The maximum atomic E-state index is 13.1. The number of nitrogens with zero attached hydrogens (tertiary/aromatic N) is 1. The molecule has 1 unspecified atom stereocenters. The molecule has 1 aromatic heterocycles. The minimum atomic E-state index is -0.265. The highest BCUT2D eigenvalue weighted by molar-refractivity contribution is 7.10. The molecule has 0 bridgehead atoms. The second-order valence-corrected chi connectivity index (χ2v) is 7.48. The van der Waals surface area contributed by atoms with Crippen LogP contribution in [0, 0.1) is 0 Å². The molecular formula is C20H24N3O2S+. The van der Waals surface area contributed by atoms with Gasteiger partial charge in [0.05, 0.1) is 26.7 Å². The van der Waals surface area contributed by atoms with Crippen molar-refractivity contribution < 1.29 is 14.5 Å². The molecule has 1 aliphatic rings. The van der Waals surface area contributed by atoms with E-state index >= 15 is 0 Å². The molecule has 3 rings (SSSR count). The molecule has 2 aromatic rings. The summed E-state index contributed by atoms with van der Waals surface area (Å²) in [6.07, 6.45) is 2.74. The Morgan fingerprint density at radius 2 is 1.92 bits per heavy atom. The molecule has 0 aliphatic carbocycles. The van der Waals surface area contributed by atoms with E-state index in [9.17, 15) is 9.59 Å². The molecule has 0 spiro atoms. The van der Waals surface area contributed by atoms with Gasteiger partial charge >= 0.3 is 0 Å². The fourth-order valence-electron chi connectivity index (χ4n) is 2.96. The molecule has 1 aliphatic heterocycles. The predicted octanol–water partition coefficient (Wildman–Crippen LogP) is 1.27. The molecular weight excluding hydrogens is 346 g/mol. The maximum absolute atomic E-state index is 13.1. The molecule has 1 aromatic carbocycles. The zero-order chi connectivity index (χ0) is 18.4. The van der Waals surface area contributed by atoms with E-state index in [0.717, 1.165) is 30.9 Å². The third kappa shape index (κ3) is 4.80. The highest BCUT2D eigenvalue weighted by atomic mass is 32.1. The normalized spacial score (nSPS) is 18.3. The molecule has 0 radical (unpaired) electrons. The number of quaternary nitrogens is 1. The Morgan fingerprint density at radius 1 is 1.12 bits per heavy atom. The lowest BCUT2D eigenvalue weighted by Crippen LogP contribution is -3.09. The summed E-state index contributed by atoms with van der Waals surface area (Å²) >= 11 is 1.54. The Hall–Kier alpha value is -2.44. The summed E-state index contributed by atoms with van der Waals surface area (Å²) in [7, 11) is 2.15. The monoisotopic (exact) mass is 370 g/mol. The molecule has 26 heavy (non-hydrogen) atoms. The van der Waals surface area contributed by atoms with Crippen LogP contribution in [-0.2, 0) is 4.79 Å². The van der Waals surface area contributed by atoms with Gasteiger partial charge in [-0.05, 0) is 29.7 Å². The Labute approximate surface area is 157 Å². The minimum Gasteiger partial charge on any atom is -0.336 e. The van der Waals surface area contributed by atoms with Gasteiger partial charge in [0.1, 0.15) is 5.70 Å². The third-order valence-electron chi connectivity index (χ3n) is 4.47. The fourth-order valence-corrected chi connectivity index (χ4v) is 3.62. The second kappa shape index (κ2) is 8.78. The highest BCUT2D eigenvalue weighted by Crippen LogP contribution is 2.15. The van der Waals surface area contributed by atoms with E-state index in [1.807, 2.05) is 40.6 Å². The van der Waals surface area contributed by atoms with Crippen LogP contribution in [0.2, 0.25) is 0 Å². The van der Waals surface area contributed by atoms with Crippen LogP contribution < -0.4 is 10.2 Å². The van der Waals surface area contributed by atoms with Gasteiger partial charge in [-0.25, -0.2) is 0 Å². The van der Waals surface area contributed by atoms with E-state index in [2.05, 4.69) is 12.4 Å². The summed E-state index contributed by atoms with van der Waals surface area (Å²) in [5.74, 6) is -0.378. The van der Waals surface area contributed by atoms with Crippen LogP contribution in [0.25, 0.3) is 6.08 Å². The quantitative estimate of drug-likeness (QED) is 0.797. The molecule has 5 nitrogen and oxygen atoms in total. The number of rotatable bonds is 4.